The molecule has 0 bridgehead atoms. The van der Waals surface area contributed by atoms with Crippen molar-refractivity contribution in [2.45, 2.75) is 33.1 Å². The Labute approximate surface area is 167 Å². The Bertz CT molecular complexity index is 1100. The van der Waals surface area contributed by atoms with Crippen LogP contribution in [-0.4, -0.2) is 19.7 Å². The average Bonchev–Trinajstić information content (AvgIpc) is 3.30. The number of thiazole rings is 1. The van der Waals surface area contributed by atoms with E-state index in [0.717, 1.165) is 35.0 Å². The monoisotopic (exact) mass is 395 g/mol. The molecule has 0 radical (unpaired) electrons. The second-order valence-corrected chi connectivity index (χ2v) is 8.18. The summed E-state index contributed by atoms with van der Waals surface area (Å²) in [5, 5.41) is 4.63. The highest BCUT2D eigenvalue weighted by Crippen LogP contribution is 2.30. The second kappa shape index (κ2) is 7.67. The van der Waals surface area contributed by atoms with Gasteiger partial charge in [0, 0.05) is 18.6 Å². The van der Waals surface area contributed by atoms with Crippen molar-refractivity contribution >= 4 is 26.7 Å². The van der Waals surface area contributed by atoms with Gasteiger partial charge in [-0.25, -0.2) is 19.0 Å². The quantitative estimate of drug-likeness (QED) is 0.519. The SMILES string of the molecule is CCc1cc(CC(C)Cc2cnc(-n3cccn3)c(F)c2)c2nc(N)sc2c1. The first-order valence-corrected chi connectivity index (χ1v) is 10.2. The number of nitrogens with zero attached hydrogens (tertiary/aromatic N) is 4. The molecule has 0 aliphatic carbocycles. The Balaban J connectivity index is 1.54. The lowest BCUT2D eigenvalue weighted by molar-refractivity contribution is 0.564. The molecule has 0 aliphatic rings. The predicted molar refractivity (Wildman–Crippen MR) is 111 cm³/mol. The number of fused-ring (bicyclic) bond motifs is 1. The van der Waals surface area contributed by atoms with E-state index < -0.39 is 0 Å². The van der Waals surface area contributed by atoms with Gasteiger partial charge in [-0.3, -0.25) is 0 Å². The minimum atomic E-state index is -0.365. The van der Waals surface area contributed by atoms with Crippen LogP contribution in [-0.2, 0) is 19.3 Å². The van der Waals surface area contributed by atoms with E-state index in [9.17, 15) is 4.39 Å². The molecule has 3 aromatic heterocycles. The van der Waals surface area contributed by atoms with Crippen LogP contribution in [0, 0.1) is 11.7 Å². The van der Waals surface area contributed by atoms with Gasteiger partial charge < -0.3 is 5.73 Å². The fourth-order valence-electron chi connectivity index (χ4n) is 3.53. The molecular formula is C21H22FN5S. The number of halogens is 1. The Morgan fingerprint density at radius 2 is 2.07 bits per heavy atom. The van der Waals surface area contributed by atoms with Crippen LogP contribution in [0.15, 0.2) is 42.9 Å². The van der Waals surface area contributed by atoms with Crippen LogP contribution in [0.4, 0.5) is 9.52 Å². The lowest BCUT2D eigenvalue weighted by Gasteiger charge is -2.14. The Kier molecular flexibility index (Phi) is 5.09. The van der Waals surface area contributed by atoms with E-state index in [0.29, 0.717) is 11.0 Å². The third kappa shape index (κ3) is 3.75. The zero-order chi connectivity index (χ0) is 19.7. The van der Waals surface area contributed by atoms with Crippen molar-refractivity contribution < 1.29 is 4.39 Å². The van der Waals surface area contributed by atoms with Crippen molar-refractivity contribution in [1.82, 2.24) is 19.7 Å². The van der Waals surface area contributed by atoms with E-state index >= 15 is 0 Å². The number of aryl methyl sites for hydroxylation is 1. The van der Waals surface area contributed by atoms with Gasteiger partial charge in [-0.15, -0.1) is 0 Å². The summed E-state index contributed by atoms with van der Waals surface area (Å²) in [5.74, 6) is 0.169. The largest absolute Gasteiger partial charge is 0.375 e. The van der Waals surface area contributed by atoms with Gasteiger partial charge in [0.25, 0.3) is 0 Å². The standard InChI is InChI=1S/C21H22FN5S/c1-3-14-9-16(19-18(11-14)28-21(23)26-19)8-13(2)7-15-10-17(22)20(24-12-15)27-6-4-5-25-27/h4-6,9-13H,3,7-8H2,1-2H3,(H2,23,26). The van der Waals surface area contributed by atoms with E-state index in [2.05, 4.69) is 41.0 Å². The molecular weight excluding hydrogens is 373 g/mol. The summed E-state index contributed by atoms with van der Waals surface area (Å²) in [5.41, 5.74) is 10.3. The van der Waals surface area contributed by atoms with Gasteiger partial charge in [-0.1, -0.05) is 31.3 Å². The number of aromatic nitrogens is 4. The highest BCUT2D eigenvalue weighted by atomic mass is 32.1. The molecule has 0 fully saturated rings. The molecule has 1 atom stereocenters. The summed E-state index contributed by atoms with van der Waals surface area (Å²) in [6.07, 6.45) is 7.58. The molecule has 7 heteroatoms. The van der Waals surface area contributed by atoms with E-state index in [1.165, 1.54) is 27.1 Å². The molecule has 0 spiro atoms. The number of anilines is 1. The highest BCUT2D eigenvalue weighted by Gasteiger charge is 2.14. The summed E-state index contributed by atoms with van der Waals surface area (Å²) in [6, 6.07) is 7.69. The van der Waals surface area contributed by atoms with Gasteiger partial charge in [0.1, 0.15) is 0 Å². The Hall–Kier alpha value is -2.80. The van der Waals surface area contributed by atoms with Crippen LogP contribution in [0.1, 0.15) is 30.5 Å². The molecule has 144 valence electrons. The molecule has 5 nitrogen and oxygen atoms in total. The third-order valence-corrected chi connectivity index (χ3v) is 5.64. The van der Waals surface area contributed by atoms with Gasteiger partial charge in [0.05, 0.1) is 10.2 Å². The number of benzene rings is 1. The van der Waals surface area contributed by atoms with Crippen molar-refractivity contribution in [2.24, 2.45) is 5.92 Å². The molecule has 3 heterocycles. The van der Waals surface area contributed by atoms with Crippen molar-refractivity contribution in [3.63, 3.8) is 0 Å². The molecule has 0 amide bonds. The van der Waals surface area contributed by atoms with E-state index in [1.807, 2.05) is 0 Å². The molecule has 0 saturated heterocycles. The van der Waals surface area contributed by atoms with Gasteiger partial charge in [-0.05, 0) is 60.1 Å². The Morgan fingerprint density at radius 1 is 1.21 bits per heavy atom. The van der Waals surface area contributed by atoms with E-state index in [-0.39, 0.29) is 11.6 Å². The molecule has 0 saturated carbocycles. The molecule has 4 rings (SSSR count). The van der Waals surface area contributed by atoms with Crippen LogP contribution in [0.25, 0.3) is 16.0 Å². The van der Waals surface area contributed by atoms with Crippen LogP contribution in [0.5, 0.6) is 0 Å². The number of pyridine rings is 1. The van der Waals surface area contributed by atoms with Crippen molar-refractivity contribution in [3.05, 3.63) is 65.4 Å². The maximum absolute atomic E-state index is 14.5. The fourth-order valence-corrected chi connectivity index (χ4v) is 4.38. The minimum Gasteiger partial charge on any atom is -0.375 e. The van der Waals surface area contributed by atoms with Crippen LogP contribution in [0.3, 0.4) is 0 Å². The number of rotatable bonds is 6. The van der Waals surface area contributed by atoms with Crippen LogP contribution in [0.2, 0.25) is 0 Å². The number of hydrogen-bond acceptors (Lipinski definition) is 5. The number of nitrogens with two attached hydrogens (primary N) is 1. The zero-order valence-electron chi connectivity index (χ0n) is 15.9. The van der Waals surface area contributed by atoms with Crippen LogP contribution < -0.4 is 5.73 Å². The van der Waals surface area contributed by atoms with E-state index in [1.54, 1.807) is 30.7 Å². The van der Waals surface area contributed by atoms with Crippen molar-refractivity contribution in [2.75, 3.05) is 5.73 Å². The lowest BCUT2D eigenvalue weighted by atomic mass is 9.93. The van der Waals surface area contributed by atoms with Gasteiger partial charge in [0.15, 0.2) is 16.8 Å². The van der Waals surface area contributed by atoms with Crippen molar-refractivity contribution in [3.8, 4) is 5.82 Å². The lowest BCUT2D eigenvalue weighted by Crippen LogP contribution is -2.08. The fraction of sp³-hybridized carbons (Fsp3) is 0.286. The second-order valence-electron chi connectivity index (χ2n) is 7.12. The van der Waals surface area contributed by atoms with Crippen LogP contribution >= 0.6 is 11.3 Å². The summed E-state index contributed by atoms with van der Waals surface area (Å²) >= 11 is 1.53. The van der Waals surface area contributed by atoms with E-state index in [4.69, 9.17) is 5.73 Å². The smallest absolute Gasteiger partial charge is 0.189 e. The zero-order valence-corrected chi connectivity index (χ0v) is 16.7. The molecule has 2 N–H and O–H groups in total. The highest BCUT2D eigenvalue weighted by molar-refractivity contribution is 7.22. The first kappa shape index (κ1) is 18.6. The molecule has 1 unspecified atom stereocenters. The first-order valence-electron chi connectivity index (χ1n) is 9.35. The molecule has 1 aromatic carbocycles. The molecule has 4 aromatic rings. The van der Waals surface area contributed by atoms with Gasteiger partial charge >= 0.3 is 0 Å². The summed E-state index contributed by atoms with van der Waals surface area (Å²) in [6.45, 7) is 4.31. The van der Waals surface area contributed by atoms with Crippen molar-refractivity contribution in [1.29, 1.82) is 0 Å². The molecule has 0 aliphatic heterocycles. The maximum Gasteiger partial charge on any atom is 0.189 e. The summed E-state index contributed by atoms with van der Waals surface area (Å²) in [7, 11) is 0. The summed E-state index contributed by atoms with van der Waals surface area (Å²) in [4.78, 5) is 8.78. The Morgan fingerprint density at radius 3 is 2.79 bits per heavy atom. The topological polar surface area (TPSA) is 69.6 Å². The third-order valence-electron chi connectivity index (χ3n) is 4.81. The average molecular weight is 396 g/mol. The maximum atomic E-state index is 14.5. The minimum absolute atomic E-state index is 0.219. The normalized spacial score (nSPS) is 12.5. The predicted octanol–water partition coefficient (Wildman–Crippen LogP) is 4.58. The first-order chi connectivity index (χ1) is 13.5. The van der Waals surface area contributed by atoms with Gasteiger partial charge in [0.2, 0.25) is 0 Å². The number of nitrogen functional groups attached to an aromatic ring is 1. The summed E-state index contributed by atoms with van der Waals surface area (Å²) < 4.78 is 17.0. The number of hydrogen-bond donors (Lipinski definition) is 1. The molecule has 28 heavy (non-hydrogen) atoms. The van der Waals surface area contributed by atoms with Gasteiger partial charge in [-0.2, -0.15) is 5.10 Å².